The van der Waals surface area contributed by atoms with Gasteiger partial charge in [0.25, 0.3) is 0 Å². The second kappa shape index (κ2) is 9.11. The van der Waals surface area contributed by atoms with Gasteiger partial charge in [0, 0.05) is 5.41 Å². The molecule has 0 saturated carbocycles. The maximum absolute atomic E-state index is 11.6. The van der Waals surface area contributed by atoms with Crippen LogP contribution in [0.5, 0.6) is 5.75 Å². The number of nitrogens with two attached hydrogens (primary N) is 1. The molecule has 3 rings (SSSR count). The number of ether oxygens (including phenoxy) is 2. The molecule has 1 amide bonds. The van der Waals surface area contributed by atoms with Gasteiger partial charge in [-0.2, -0.15) is 0 Å². The molecule has 0 heterocycles. The first-order valence-corrected chi connectivity index (χ1v) is 11.2. The van der Waals surface area contributed by atoms with Crippen molar-refractivity contribution in [1.29, 1.82) is 0 Å². The van der Waals surface area contributed by atoms with Gasteiger partial charge in [-0.05, 0) is 85.0 Å². The van der Waals surface area contributed by atoms with Crippen LogP contribution in [-0.4, -0.2) is 12.7 Å². The van der Waals surface area contributed by atoms with E-state index in [-0.39, 0.29) is 11.5 Å². The molecule has 0 spiro atoms. The molecule has 0 fully saturated rings. The van der Waals surface area contributed by atoms with Gasteiger partial charge in [-0.1, -0.05) is 45.4 Å². The summed E-state index contributed by atoms with van der Waals surface area (Å²) in [5, 5.41) is 0. The third kappa shape index (κ3) is 4.19. The molecule has 1 aliphatic carbocycles. The number of fused-ring (bicyclic) bond motifs is 1. The van der Waals surface area contributed by atoms with Crippen molar-refractivity contribution >= 4 is 6.09 Å². The molecule has 0 saturated heterocycles. The smallest absolute Gasteiger partial charge is 0.405 e. The number of aryl methyl sites for hydroxylation is 2. The molecule has 2 aromatic carbocycles. The maximum atomic E-state index is 11.6. The van der Waals surface area contributed by atoms with Crippen LogP contribution in [0.4, 0.5) is 4.79 Å². The van der Waals surface area contributed by atoms with Crippen LogP contribution in [0.25, 0.3) is 11.1 Å². The standard InChI is InChI=1S/C26H35NO3/c1-6-9-12-29-23-17(4)13-20(14-18(23)5)19-10-11-22-21(15-19)16-26(7-2,8-3)24(22)30-25(27)28/h10-11,13-15,24H,6-9,12,16H2,1-5H3,(H2,27,28). The third-order valence-corrected chi connectivity index (χ3v) is 6.70. The molecular formula is C26H35NO3. The van der Waals surface area contributed by atoms with E-state index in [0.717, 1.165) is 61.2 Å². The van der Waals surface area contributed by atoms with Crippen LogP contribution >= 0.6 is 0 Å². The van der Waals surface area contributed by atoms with Gasteiger partial charge in [0.1, 0.15) is 11.9 Å². The highest BCUT2D eigenvalue weighted by Crippen LogP contribution is 2.52. The molecule has 0 aliphatic heterocycles. The van der Waals surface area contributed by atoms with E-state index >= 15 is 0 Å². The Bertz CT molecular complexity index is 891. The zero-order valence-electron chi connectivity index (χ0n) is 19.0. The van der Waals surface area contributed by atoms with E-state index in [1.165, 1.54) is 16.7 Å². The first-order chi connectivity index (χ1) is 14.3. The van der Waals surface area contributed by atoms with Crippen LogP contribution in [-0.2, 0) is 11.2 Å². The molecule has 4 heteroatoms. The second-order valence-corrected chi connectivity index (χ2v) is 8.62. The summed E-state index contributed by atoms with van der Waals surface area (Å²) in [5.74, 6) is 0.999. The van der Waals surface area contributed by atoms with Gasteiger partial charge in [-0.25, -0.2) is 4.79 Å². The monoisotopic (exact) mass is 409 g/mol. The summed E-state index contributed by atoms with van der Waals surface area (Å²) >= 11 is 0. The minimum atomic E-state index is -0.701. The molecule has 4 nitrogen and oxygen atoms in total. The number of rotatable bonds is 8. The Morgan fingerprint density at radius 2 is 1.73 bits per heavy atom. The van der Waals surface area contributed by atoms with E-state index in [0.29, 0.717) is 0 Å². The average Bonchev–Trinajstić information content (AvgIpc) is 3.02. The summed E-state index contributed by atoms with van der Waals surface area (Å²) in [6.45, 7) is 11.5. The Kier molecular flexibility index (Phi) is 6.74. The lowest BCUT2D eigenvalue weighted by molar-refractivity contribution is 0.0140. The molecule has 30 heavy (non-hydrogen) atoms. The molecule has 0 aromatic heterocycles. The van der Waals surface area contributed by atoms with Gasteiger partial charge >= 0.3 is 6.09 Å². The Labute approximate surface area is 180 Å². The van der Waals surface area contributed by atoms with Crippen molar-refractivity contribution in [3.63, 3.8) is 0 Å². The molecule has 1 aliphatic rings. The van der Waals surface area contributed by atoms with E-state index < -0.39 is 6.09 Å². The highest BCUT2D eigenvalue weighted by molar-refractivity contribution is 5.70. The van der Waals surface area contributed by atoms with Gasteiger partial charge in [-0.3, -0.25) is 0 Å². The predicted molar refractivity (Wildman–Crippen MR) is 122 cm³/mol. The number of benzene rings is 2. The number of hydrogen-bond acceptors (Lipinski definition) is 3. The van der Waals surface area contributed by atoms with Crippen LogP contribution in [0.2, 0.25) is 0 Å². The van der Waals surface area contributed by atoms with Crippen molar-refractivity contribution in [3.05, 3.63) is 52.6 Å². The first-order valence-electron chi connectivity index (χ1n) is 11.2. The lowest BCUT2D eigenvalue weighted by atomic mass is 9.77. The fourth-order valence-electron chi connectivity index (χ4n) is 4.83. The van der Waals surface area contributed by atoms with Crippen LogP contribution < -0.4 is 10.5 Å². The maximum Gasteiger partial charge on any atom is 0.405 e. The van der Waals surface area contributed by atoms with Gasteiger partial charge in [0.2, 0.25) is 0 Å². The van der Waals surface area contributed by atoms with Crippen molar-refractivity contribution in [2.75, 3.05) is 6.61 Å². The van der Waals surface area contributed by atoms with Crippen molar-refractivity contribution in [1.82, 2.24) is 0 Å². The second-order valence-electron chi connectivity index (χ2n) is 8.62. The van der Waals surface area contributed by atoms with Gasteiger partial charge in [-0.15, -0.1) is 0 Å². The zero-order valence-corrected chi connectivity index (χ0v) is 19.0. The molecule has 0 bridgehead atoms. The molecule has 1 unspecified atom stereocenters. The van der Waals surface area contributed by atoms with Crippen LogP contribution in [0.3, 0.4) is 0 Å². The van der Waals surface area contributed by atoms with Crippen LogP contribution in [0.15, 0.2) is 30.3 Å². The molecule has 2 aromatic rings. The van der Waals surface area contributed by atoms with Crippen molar-refractivity contribution < 1.29 is 14.3 Å². The minimum Gasteiger partial charge on any atom is -0.493 e. The summed E-state index contributed by atoms with van der Waals surface area (Å²) in [7, 11) is 0. The summed E-state index contributed by atoms with van der Waals surface area (Å²) in [4.78, 5) is 11.6. The van der Waals surface area contributed by atoms with Crippen LogP contribution in [0, 0.1) is 19.3 Å². The van der Waals surface area contributed by atoms with E-state index in [2.05, 4.69) is 65.0 Å². The van der Waals surface area contributed by atoms with Crippen molar-refractivity contribution in [3.8, 4) is 16.9 Å². The number of carbonyl (C=O) groups excluding carboxylic acids is 1. The minimum absolute atomic E-state index is 0.0845. The quantitative estimate of drug-likeness (QED) is 0.497. The number of primary amides is 1. The SMILES string of the molecule is CCCCOc1c(C)cc(-c2ccc3c(c2)CC(CC)(CC)C3OC(N)=O)cc1C. The molecule has 0 radical (unpaired) electrons. The summed E-state index contributed by atoms with van der Waals surface area (Å²) in [6, 6.07) is 10.9. The van der Waals surface area contributed by atoms with E-state index in [1.54, 1.807) is 0 Å². The molecule has 162 valence electrons. The summed E-state index contributed by atoms with van der Waals surface area (Å²) < 4.78 is 11.6. The highest BCUT2D eigenvalue weighted by atomic mass is 16.6. The Morgan fingerprint density at radius 1 is 1.07 bits per heavy atom. The number of carbonyl (C=O) groups is 1. The van der Waals surface area contributed by atoms with Crippen LogP contribution in [0.1, 0.15) is 74.8 Å². The topological polar surface area (TPSA) is 61.6 Å². The summed E-state index contributed by atoms with van der Waals surface area (Å²) in [5.41, 5.74) is 12.3. The van der Waals surface area contributed by atoms with E-state index in [4.69, 9.17) is 15.2 Å². The zero-order chi connectivity index (χ0) is 21.9. The van der Waals surface area contributed by atoms with E-state index in [1.807, 2.05) is 0 Å². The molecule has 1 atom stereocenters. The van der Waals surface area contributed by atoms with Gasteiger partial charge in [0.05, 0.1) is 6.61 Å². The van der Waals surface area contributed by atoms with Gasteiger partial charge < -0.3 is 15.2 Å². The predicted octanol–water partition coefficient (Wildman–Crippen LogP) is 6.65. The fraction of sp³-hybridized carbons (Fsp3) is 0.500. The normalized spacial score (nSPS) is 16.9. The Hall–Kier alpha value is -2.49. The first kappa shape index (κ1) is 22.2. The fourth-order valence-corrected chi connectivity index (χ4v) is 4.83. The third-order valence-electron chi connectivity index (χ3n) is 6.70. The van der Waals surface area contributed by atoms with E-state index in [9.17, 15) is 4.79 Å². The highest BCUT2D eigenvalue weighted by Gasteiger charge is 2.46. The van der Waals surface area contributed by atoms with Crippen molar-refractivity contribution in [2.24, 2.45) is 11.1 Å². The Morgan fingerprint density at radius 3 is 2.30 bits per heavy atom. The largest absolute Gasteiger partial charge is 0.493 e. The molecule has 2 N–H and O–H groups in total. The molecular weight excluding hydrogens is 374 g/mol. The number of hydrogen-bond donors (Lipinski definition) is 1. The Balaban J connectivity index is 1.95. The number of amides is 1. The summed E-state index contributed by atoms with van der Waals surface area (Å²) in [6.07, 6.45) is 4.00. The number of unbranched alkanes of at least 4 members (excludes halogenated alkanes) is 1. The lowest BCUT2D eigenvalue weighted by Crippen LogP contribution is -2.30. The average molecular weight is 410 g/mol. The van der Waals surface area contributed by atoms with Gasteiger partial charge in [0.15, 0.2) is 0 Å². The van der Waals surface area contributed by atoms with Crippen molar-refractivity contribution in [2.45, 2.75) is 72.8 Å². The lowest BCUT2D eigenvalue weighted by Gasteiger charge is -2.32.